The van der Waals surface area contributed by atoms with E-state index in [1.807, 2.05) is 30.3 Å². The van der Waals surface area contributed by atoms with Gasteiger partial charge in [0.05, 0.1) is 23.9 Å². The van der Waals surface area contributed by atoms with Crippen LogP contribution in [0.1, 0.15) is 12.5 Å². The number of nitrogens with one attached hydrogen (secondary N) is 1. The average Bonchev–Trinajstić information content (AvgIpc) is 2.49. The molecule has 0 unspecified atom stereocenters. The lowest BCUT2D eigenvalue weighted by Crippen LogP contribution is -2.31. The van der Waals surface area contributed by atoms with Crippen molar-refractivity contribution in [3.63, 3.8) is 0 Å². The average molecular weight is 320 g/mol. The third-order valence-corrected chi connectivity index (χ3v) is 3.84. The fourth-order valence-corrected chi connectivity index (χ4v) is 2.71. The van der Waals surface area contributed by atoms with Crippen molar-refractivity contribution in [3.05, 3.63) is 62.8 Å². The van der Waals surface area contributed by atoms with E-state index < -0.39 is 11.2 Å². The van der Waals surface area contributed by atoms with Gasteiger partial charge >= 0.3 is 11.7 Å². The molecule has 0 aliphatic carbocycles. The number of nitrogens with zero attached hydrogens (tertiary/aromatic N) is 1. The highest BCUT2D eigenvalue weighted by Gasteiger charge is 2.10. The normalized spacial score (nSPS) is 10.4. The molecule has 0 atom stereocenters. The van der Waals surface area contributed by atoms with Crippen LogP contribution in [0.5, 0.6) is 0 Å². The molecular weight excluding hydrogens is 304 g/mol. The third kappa shape index (κ3) is 4.36. The third-order valence-electron chi connectivity index (χ3n) is 2.82. The van der Waals surface area contributed by atoms with Crippen molar-refractivity contribution < 1.29 is 9.53 Å². The summed E-state index contributed by atoms with van der Waals surface area (Å²) in [4.78, 5) is 37.2. The standard InChI is InChI=1S/C15H16N2O4S/c1-2-21-14(19)10-22-13-8-12(18)16-15(20)17(13)9-11-6-4-3-5-7-11/h3-8H,2,9-10H2,1H3,(H,16,18,20). The fourth-order valence-electron chi connectivity index (χ4n) is 1.87. The number of carbonyl (C=O) groups excluding carboxylic acids is 1. The zero-order chi connectivity index (χ0) is 15.9. The summed E-state index contributed by atoms with van der Waals surface area (Å²) < 4.78 is 6.28. The molecule has 2 aromatic rings. The molecule has 0 saturated heterocycles. The van der Waals surface area contributed by atoms with E-state index in [0.29, 0.717) is 18.2 Å². The van der Waals surface area contributed by atoms with Gasteiger partial charge in [-0.25, -0.2) is 4.79 Å². The first-order chi connectivity index (χ1) is 10.6. The van der Waals surface area contributed by atoms with Crippen LogP contribution < -0.4 is 11.2 Å². The van der Waals surface area contributed by atoms with Gasteiger partial charge < -0.3 is 4.74 Å². The van der Waals surface area contributed by atoms with E-state index in [-0.39, 0.29) is 11.7 Å². The van der Waals surface area contributed by atoms with Gasteiger partial charge in [0.15, 0.2) is 0 Å². The lowest BCUT2D eigenvalue weighted by atomic mass is 10.2. The Morgan fingerprint density at radius 2 is 2.00 bits per heavy atom. The molecule has 1 aromatic carbocycles. The van der Waals surface area contributed by atoms with Crippen LogP contribution in [0.25, 0.3) is 0 Å². The number of carbonyl (C=O) groups is 1. The lowest BCUT2D eigenvalue weighted by Gasteiger charge is -2.11. The first-order valence-corrected chi connectivity index (χ1v) is 7.75. The minimum absolute atomic E-state index is 0.0471. The maximum Gasteiger partial charge on any atom is 0.329 e. The minimum atomic E-state index is -0.497. The SMILES string of the molecule is CCOC(=O)CSc1cc(=O)[nH]c(=O)n1Cc1ccccc1. The predicted molar refractivity (Wildman–Crippen MR) is 84.2 cm³/mol. The smallest absolute Gasteiger partial charge is 0.329 e. The number of rotatable bonds is 6. The van der Waals surface area contributed by atoms with Gasteiger partial charge in [-0.2, -0.15) is 0 Å². The number of esters is 1. The molecule has 0 fully saturated rings. The van der Waals surface area contributed by atoms with Crippen molar-refractivity contribution in [2.24, 2.45) is 0 Å². The quantitative estimate of drug-likeness (QED) is 0.492. The molecule has 0 bridgehead atoms. The predicted octanol–water partition coefficient (Wildman–Crippen LogP) is 1.24. The molecule has 1 N–H and O–H groups in total. The van der Waals surface area contributed by atoms with Crippen molar-refractivity contribution in [1.29, 1.82) is 0 Å². The number of hydrogen-bond acceptors (Lipinski definition) is 5. The first-order valence-electron chi connectivity index (χ1n) is 6.76. The Morgan fingerprint density at radius 3 is 2.68 bits per heavy atom. The van der Waals surface area contributed by atoms with Gasteiger partial charge in [-0.15, -0.1) is 0 Å². The molecule has 0 aliphatic heterocycles. The number of aromatic amines is 1. The number of H-pyrrole nitrogens is 1. The Balaban J connectivity index is 2.26. The number of thioether (sulfide) groups is 1. The van der Waals surface area contributed by atoms with Crippen molar-refractivity contribution in [2.45, 2.75) is 18.5 Å². The van der Waals surface area contributed by atoms with Crippen LogP contribution in [0.2, 0.25) is 0 Å². The first kappa shape index (κ1) is 16.1. The summed E-state index contributed by atoms with van der Waals surface area (Å²) >= 11 is 1.11. The second-order valence-corrected chi connectivity index (χ2v) is 5.44. The Labute approximate surface area is 131 Å². The molecule has 0 amide bonds. The van der Waals surface area contributed by atoms with Gasteiger partial charge in [0.25, 0.3) is 5.56 Å². The Bertz CT molecular complexity index is 752. The summed E-state index contributed by atoms with van der Waals surface area (Å²) in [6.45, 7) is 2.34. The molecule has 1 heterocycles. The zero-order valence-electron chi connectivity index (χ0n) is 12.1. The minimum Gasteiger partial charge on any atom is -0.465 e. The molecule has 22 heavy (non-hydrogen) atoms. The van der Waals surface area contributed by atoms with E-state index in [0.717, 1.165) is 17.3 Å². The van der Waals surface area contributed by atoms with Crippen LogP contribution in [0.15, 0.2) is 51.0 Å². The molecule has 0 saturated carbocycles. The summed E-state index contributed by atoms with van der Waals surface area (Å²) in [6, 6.07) is 10.7. The van der Waals surface area contributed by atoms with Crippen molar-refractivity contribution >= 4 is 17.7 Å². The second kappa shape index (κ2) is 7.65. The van der Waals surface area contributed by atoms with Gasteiger partial charge in [0, 0.05) is 6.07 Å². The van der Waals surface area contributed by atoms with Gasteiger partial charge in [0.2, 0.25) is 0 Å². The van der Waals surface area contributed by atoms with Gasteiger partial charge in [0.1, 0.15) is 0 Å². The van der Waals surface area contributed by atoms with Crippen molar-refractivity contribution in [1.82, 2.24) is 9.55 Å². The molecule has 116 valence electrons. The maximum absolute atomic E-state index is 12.0. The van der Waals surface area contributed by atoms with Gasteiger partial charge in [-0.1, -0.05) is 42.1 Å². The largest absolute Gasteiger partial charge is 0.465 e. The van der Waals surface area contributed by atoms with E-state index in [1.165, 1.54) is 10.6 Å². The summed E-state index contributed by atoms with van der Waals surface area (Å²) in [5, 5.41) is 0.436. The molecule has 1 aromatic heterocycles. The molecule has 7 heteroatoms. The highest BCUT2D eigenvalue weighted by molar-refractivity contribution is 7.99. The Hall–Kier alpha value is -2.28. The second-order valence-electron chi connectivity index (χ2n) is 4.44. The fraction of sp³-hybridized carbons (Fsp3) is 0.267. The van der Waals surface area contributed by atoms with E-state index in [1.54, 1.807) is 6.92 Å². The van der Waals surface area contributed by atoms with E-state index in [4.69, 9.17) is 4.74 Å². The van der Waals surface area contributed by atoms with Crippen LogP contribution in [0.4, 0.5) is 0 Å². The van der Waals surface area contributed by atoms with Crippen LogP contribution in [-0.4, -0.2) is 27.9 Å². The Morgan fingerprint density at radius 1 is 1.27 bits per heavy atom. The van der Waals surface area contributed by atoms with Crippen LogP contribution >= 0.6 is 11.8 Å². The Kier molecular flexibility index (Phi) is 5.60. The molecule has 0 spiro atoms. The monoisotopic (exact) mass is 320 g/mol. The van der Waals surface area contributed by atoms with Crippen molar-refractivity contribution in [3.8, 4) is 0 Å². The zero-order valence-corrected chi connectivity index (χ0v) is 12.9. The van der Waals surface area contributed by atoms with E-state index in [9.17, 15) is 14.4 Å². The summed E-state index contributed by atoms with van der Waals surface area (Å²) in [7, 11) is 0. The van der Waals surface area contributed by atoms with Gasteiger partial charge in [-0.05, 0) is 12.5 Å². The molecule has 2 rings (SSSR count). The highest BCUT2D eigenvalue weighted by atomic mass is 32.2. The van der Waals surface area contributed by atoms with E-state index >= 15 is 0 Å². The van der Waals surface area contributed by atoms with Crippen molar-refractivity contribution in [2.75, 3.05) is 12.4 Å². The highest BCUT2D eigenvalue weighted by Crippen LogP contribution is 2.16. The summed E-state index contributed by atoms with van der Waals surface area (Å²) in [5.74, 6) is -0.336. The molecule has 0 aliphatic rings. The van der Waals surface area contributed by atoms with Crippen LogP contribution in [-0.2, 0) is 16.1 Å². The number of hydrogen-bond donors (Lipinski definition) is 1. The number of ether oxygens (including phenoxy) is 1. The topological polar surface area (TPSA) is 81.2 Å². The van der Waals surface area contributed by atoms with Crippen LogP contribution in [0, 0.1) is 0 Å². The number of benzene rings is 1. The maximum atomic E-state index is 12.0. The summed E-state index contributed by atoms with van der Waals surface area (Å²) in [5.41, 5.74) is -0.0574. The summed E-state index contributed by atoms with van der Waals surface area (Å²) in [6.07, 6.45) is 0. The van der Waals surface area contributed by atoms with Gasteiger partial charge in [-0.3, -0.25) is 19.1 Å². The molecule has 0 radical (unpaired) electrons. The van der Waals surface area contributed by atoms with Crippen LogP contribution in [0.3, 0.4) is 0 Å². The molecular formula is C15H16N2O4S. The molecule has 6 nitrogen and oxygen atoms in total. The van der Waals surface area contributed by atoms with E-state index in [2.05, 4.69) is 4.98 Å². The lowest BCUT2D eigenvalue weighted by molar-refractivity contribution is -0.139. The number of aromatic nitrogens is 2.